The van der Waals surface area contributed by atoms with Crippen LogP contribution >= 0.6 is 12.2 Å². The Morgan fingerprint density at radius 3 is 2.37 bits per heavy atom. The maximum atomic E-state index is 11.6. The molecule has 12 heteroatoms. The van der Waals surface area contributed by atoms with Gasteiger partial charge >= 0.3 is 5.97 Å². The topological polar surface area (TPSA) is 149 Å². The van der Waals surface area contributed by atoms with Crippen LogP contribution in [0, 0.1) is 10.1 Å². The SMILES string of the molecule is CCOC(=O)CCC(=O)NC(=S)NNC(=O)COc1ccc([N+](=O)[O-])cc1. The summed E-state index contributed by atoms with van der Waals surface area (Å²) in [5.74, 6) is -1.35. The first-order chi connectivity index (χ1) is 12.8. The Morgan fingerprint density at radius 1 is 1.11 bits per heavy atom. The molecular weight excluding hydrogens is 380 g/mol. The molecule has 3 N–H and O–H groups in total. The van der Waals surface area contributed by atoms with E-state index in [9.17, 15) is 24.5 Å². The normalized spacial score (nSPS) is 9.67. The molecule has 146 valence electrons. The first-order valence-electron chi connectivity index (χ1n) is 7.73. The van der Waals surface area contributed by atoms with E-state index in [1.54, 1.807) is 6.92 Å². The number of hydrogen-bond acceptors (Lipinski definition) is 8. The minimum Gasteiger partial charge on any atom is -0.484 e. The van der Waals surface area contributed by atoms with E-state index in [-0.39, 0.29) is 42.6 Å². The molecule has 11 nitrogen and oxygen atoms in total. The Balaban J connectivity index is 2.25. The van der Waals surface area contributed by atoms with Crippen LogP contribution in [0.5, 0.6) is 5.75 Å². The number of nitrogens with one attached hydrogen (secondary N) is 3. The molecule has 0 bridgehead atoms. The number of nitro benzene ring substituents is 1. The first kappa shape index (κ1) is 21.8. The molecule has 0 saturated carbocycles. The minimum atomic E-state index is -0.600. The molecule has 0 saturated heterocycles. The fraction of sp³-hybridized carbons (Fsp3) is 0.333. The monoisotopic (exact) mass is 398 g/mol. The van der Waals surface area contributed by atoms with E-state index in [0.29, 0.717) is 0 Å². The van der Waals surface area contributed by atoms with Gasteiger partial charge in [-0.25, -0.2) is 0 Å². The number of nitro groups is 1. The Hall–Kier alpha value is -3.28. The molecule has 0 unspecified atom stereocenters. The van der Waals surface area contributed by atoms with Gasteiger partial charge in [0, 0.05) is 18.6 Å². The van der Waals surface area contributed by atoms with Crippen molar-refractivity contribution in [2.75, 3.05) is 13.2 Å². The molecule has 0 radical (unpaired) electrons. The molecular formula is C15H18N4O7S. The van der Waals surface area contributed by atoms with Crippen molar-refractivity contribution in [1.29, 1.82) is 0 Å². The van der Waals surface area contributed by atoms with Gasteiger partial charge < -0.3 is 14.8 Å². The molecule has 0 atom stereocenters. The minimum absolute atomic E-state index is 0.0856. The fourth-order valence-electron chi connectivity index (χ4n) is 1.64. The quantitative estimate of drug-likeness (QED) is 0.244. The highest BCUT2D eigenvalue weighted by Gasteiger charge is 2.10. The molecule has 0 aliphatic carbocycles. The number of thiocarbonyl (C=S) groups is 1. The summed E-state index contributed by atoms with van der Waals surface area (Å²) in [6.07, 6.45) is -0.199. The molecule has 0 aliphatic heterocycles. The summed E-state index contributed by atoms with van der Waals surface area (Å²) >= 11 is 4.82. The van der Waals surface area contributed by atoms with Gasteiger partial charge in [0.2, 0.25) is 5.91 Å². The molecule has 0 heterocycles. The standard InChI is InChI=1S/C15H18N4O7S/c1-2-25-14(22)8-7-12(20)16-15(27)18-17-13(21)9-26-11-5-3-10(4-6-11)19(23)24/h3-6H,2,7-9H2,1H3,(H,17,21)(H2,16,18,20,27). The second kappa shape index (κ2) is 11.4. The number of hydrogen-bond donors (Lipinski definition) is 3. The van der Waals surface area contributed by atoms with Crippen LogP contribution in [0.15, 0.2) is 24.3 Å². The van der Waals surface area contributed by atoms with Gasteiger partial charge in [-0.3, -0.25) is 35.3 Å². The third kappa shape index (κ3) is 9.11. The van der Waals surface area contributed by atoms with Crippen molar-refractivity contribution in [3.05, 3.63) is 34.4 Å². The van der Waals surface area contributed by atoms with Crippen LogP contribution in [-0.4, -0.2) is 41.0 Å². The lowest BCUT2D eigenvalue weighted by atomic mass is 10.3. The lowest BCUT2D eigenvalue weighted by Crippen LogP contribution is -2.49. The zero-order chi connectivity index (χ0) is 20.2. The average molecular weight is 398 g/mol. The van der Waals surface area contributed by atoms with Gasteiger partial charge in [0.25, 0.3) is 11.6 Å². The van der Waals surface area contributed by atoms with Crippen molar-refractivity contribution in [3.63, 3.8) is 0 Å². The van der Waals surface area contributed by atoms with Crippen LogP contribution < -0.4 is 20.9 Å². The van der Waals surface area contributed by atoms with E-state index in [4.69, 9.17) is 17.0 Å². The Labute approximate surface area is 159 Å². The third-order valence-corrected chi connectivity index (χ3v) is 3.05. The number of carbonyl (C=O) groups excluding carboxylic acids is 3. The Kier molecular flexibility index (Phi) is 9.15. The van der Waals surface area contributed by atoms with Crippen LogP contribution in [0.25, 0.3) is 0 Å². The molecule has 0 aromatic heterocycles. The van der Waals surface area contributed by atoms with Gasteiger partial charge in [-0.1, -0.05) is 0 Å². The van der Waals surface area contributed by atoms with E-state index in [2.05, 4.69) is 20.9 Å². The van der Waals surface area contributed by atoms with Gasteiger partial charge in [0.05, 0.1) is 18.0 Å². The number of rotatable bonds is 8. The number of hydrazine groups is 1. The van der Waals surface area contributed by atoms with E-state index in [1.165, 1.54) is 24.3 Å². The molecule has 0 aliphatic rings. The smallest absolute Gasteiger partial charge is 0.306 e. The van der Waals surface area contributed by atoms with Crippen molar-refractivity contribution >= 4 is 40.8 Å². The average Bonchev–Trinajstić information content (AvgIpc) is 2.63. The van der Waals surface area contributed by atoms with Crippen molar-refractivity contribution in [1.82, 2.24) is 16.2 Å². The van der Waals surface area contributed by atoms with Crippen LogP contribution in [-0.2, 0) is 19.1 Å². The van der Waals surface area contributed by atoms with E-state index >= 15 is 0 Å². The summed E-state index contributed by atoms with van der Waals surface area (Å²) < 4.78 is 9.83. The highest BCUT2D eigenvalue weighted by molar-refractivity contribution is 7.80. The summed E-state index contributed by atoms with van der Waals surface area (Å²) in [6.45, 7) is 1.50. The molecule has 1 aromatic rings. The number of benzene rings is 1. The number of nitrogens with zero attached hydrogens (tertiary/aromatic N) is 1. The van der Waals surface area contributed by atoms with E-state index in [0.717, 1.165) is 0 Å². The van der Waals surface area contributed by atoms with Crippen LogP contribution in [0.4, 0.5) is 5.69 Å². The number of ether oxygens (including phenoxy) is 2. The number of non-ortho nitro benzene ring substituents is 1. The first-order valence-corrected chi connectivity index (χ1v) is 8.14. The van der Waals surface area contributed by atoms with Crippen molar-refractivity contribution < 1.29 is 28.8 Å². The molecule has 0 fully saturated rings. The summed E-state index contributed by atoms with van der Waals surface area (Å²) in [4.78, 5) is 44.3. The van der Waals surface area contributed by atoms with Crippen LogP contribution in [0.2, 0.25) is 0 Å². The highest BCUT2D eigenvalue weighted by atomic mass is 32.1. The second-order valence-electron chi connectivity index (χ2n) is 4.90. The van der Waals surface area contributed by atoms with Gasteiger partial charge in [-0.15, -0.1) is 0 Å². The predicted molar refractivity (Wildman–Crippen MR) is 96.5 cm³/mol. The van der Waals surface area contributed by atoms with E-state index < -0.39 is 22.7 Å². The summed E-state index contributed by atoms with van der Waals surface area (Å²) in [6, 6.07) is 5.19. The Morgan fingerprint density at radius 2 is 1.78 bits per heavy atom. The molecule has 2 amide bonds. The zero-order valence-electron chi connectivity index (χ0n) is 14.4. The summed E-state index contributed by atoms with van der Waals surface area (Å²) in [5.41, 5.74) is 4.40. The van der Waals surface area contributed by atoms with Crippen LogP contribution in [0.3, 0.4) is 0 Å². The predicted octanol–water partition coefficient (Wildman–Crippen LogP) is 0.339. The van der Waals surface area contributed by atoms with Gasteiger partial charge in [0.15, 0.2) is 11.7 Å². The molecule has 0 spiro atoms. The van der Waals surface area contributed by atoms with Crippen molar-refractivity contribution in [2.24, 2.45) is 0 Å². The summed E-state index contributed by atoms with van der Waals surface area (Å²) in [5, 5.41) is 12.7. The van der Waals surface area contributed by atoms with E-state index in [1.807, 2.05) is 0 Å². The maximum Gasteiger partial charge on any atom is 0.306 e. The highest BCUT2D eigenvalue weighted by Crippen LogP contribution is 2.16. The molecule has 1 aromatic carbocycles. The zero-order valence-corrected chi connectivity index (χ0v) is 15.2. The molecule has 27 heavy (non-hydrogen) atoms. The third-order valence-electron chi connectivity index (χ3n) is 2.85. The lowest BCUT2D eigenvalue weighted by molar-refractivity contribution is -0.384. The van der Waals surface area contributed by atoms with Crippen LogP contribution in [0.1, 0.15) is 19.8 Å². The second-order valence-corrected chi connectivity index (χ2v) is 5.30. The number of amides is 2. The summed E-state index contributed by atoms with van der Waals surface area (Å²) in [7, 11) is 0. The lowest BCUT2D eigenvalue weighted by Gasteiger charge is -2.11. The Bertz CT molecular complexity index is 709. The van der Waals surface area contributed by atoms with Gasteiger partial charge in [-0.2, -0.15) is 0 Å². The number of carbonyl (C=O) groups is 3. The van der Waals surface area contributed by atoms with Crippen molar-refractivity contribution in [3.8, 4) is 5.75 Å². The van der Waals surface area contributed by atoms with Crippen molar-refractivity contribution in [2.45, 2.75) is 19.8 Å². The largest absolute Gasteiger partial charge is 0.484 e. The maximum absolute atomic E-state index is 11.6. The molecule has 1 rings (SSSR count). The number of esters is 1. The van der Waals surface area contributed by atoms with Gasteiger partial charge in [-0.05, 0) is 31.3 Å². The fourth-order valence-corrected chi connectivity index (χ4v) is 1.81. The van der Waals surface area contributed by atoms with Gasteiger partial charge in [0.1, 0.15) is 5.75 Å².